The molecular weight excluding hydrogens is 220 g/mol. The first kappa shape index (κ1) is 16.8. The average molecular weight is 248 g/mol. The number of ether oxygens (including phenoxy) is 4. The lowest BCUT2D eigenvalue weighted by Crippen LogP contribution is -2.19. The molecule has 0 saturated carbocycles. The van der Waals surface area contributed by atoms with Gasteiger partial charge in [-0.25, -0.2) is 0 Å². The van der Waals surface area contributed by atoms with Crippen molar-refractivity contribution in [3.05, 3.63) is 0 Å². The van der Waals surface area contributed by atoms with E-state index in [4.69, 9.17) is 18.9 Å². The van der Waals surface area contributed by atoms with Crippen LogP contribution >= 0.6 is 0 Å². The van der Waals surface area contributed by atoms with Gasteiger partial charge < -0.3 is 18.9 Å². The minimum absolute atomic E-state index is 0.293. The number of rotatable bonds is 12. The second kappa shape index (κ2) is 12.3. The summed E-state index contributed by atoms with van der Waals surface area (Å²) in [4.78, 5) is 0. The van der Waals surface area contributed by atoms with Gasteiger partial charge >= 0.3 is 0 Å². The second-order valence-electron chi connectivity index (χ2n) is 4.24. The van der Waals surface area contributed by atoms with Crippen molar-refractivity contribution < 1.29 is 18.9 Å². The highest BCUT2D eigenvalue weighted by Gasteiger charge is 2.05. The Morgan fingerprint density at radius 3 is 1.65 bits per heavy atom. The van der Waals surface area contributed by atoms with Gasteiger partial charge in [-0.3, -0.25) is 0 Å². The zero-order valence-electron chi connectivity index (χ0n) is 11.7. The molecule has 0 bridgehead atoms. The highest BCUT2D eigenvalue weighted by Crippen LogP contribution is 2.04. The van der Waals surface area contributed by atoms with Crippen molar-refractivity contribution in [2.45, 2.75) is 33.8 Å². The fourth-order valence-electron chi connectivity index (χ4n) is 1.07. The Morgan fingerprint density at radius 2 is 1.18 bits per heavy atom. The van der Waals surface area contributed by atoms with Crippen LogP contribution in [0.2, 0.25) is 0 Å². The Balaban J connectivity index is 3.03. The smallest absolute Gasteiger partial charge is 0.0704 e. The van der Waals surface area contributed by atoms with Crippen LogP contribution in [-0.4, -0.2) is 52.4 Å². The molecule has 0 N–H and O–H groups in total. The molecule has 0 aliphatic carbocycles. The van der Waals surface area contributed by atoms with Crippen molar-refractivity contribution in [1.29, 1.82) is 0 Å². The SMILES string of the molecule is CCOCCOCCOCCOC(C)C(C)C. The average Bonchev–Trinajstić information content (AvgIpc) is 2.31. The third-order valence-electron chi connectivity index (χ3n) is 2.50. The zero-order chi connectivity index (χ0) is 12.9. The molecule has 4 heteroatoms. The second-order valence-corrected chi connectivity index (χ2v) is 4.24. The molecule has 0 aromatic rings. The molecule has 0 radical (unpaired) electrons. The van der Waals surface area contributed by atoms with Crippen LogP contribution in [0.5, 0.6) is 0 Å². The minimum atomic E-state index is 0.293. The minimum Gasteiger partial charge on any atom is -0.379 e. The van der Waals surface area contributed by atoms with Crippen LogP contribution in [0.1, 0.15) is 27.7 Å². The Labute approximate surface area is 106 Å². The van der Waals surface area contributed by atoms with Gasteiger partial charge in [0.15, 0.2) is 0 Å². The standard InChI is InChI=1S/C13H28O4/c1-5-14-6-7-15-8-9-16-10-11-17-13(4)12(2)3/h12-13H,5-11H2,1-4H3. The van der Waals surface area contributed by atoms with Gasteiger partial charge in [-0.05, 0) is 19.8 Å². The monoisotopic (exact) mass is 248 g/mol. The fourth-order valence-corrected chi connectivity index (χ4v) is 1.07. The lowest BCUT2D eigenvalue weighted by atomic mass is 10.1. The molecule has 4 nitrogen and oxygen atoms in total. The molecular formula is C13H28O4. The third-order valence-corrected chi connectivity index (χ3v) is 2.50. The molecule has 104 valence electrons. The van der Waals surface area contributed by atoms with E-state index in [1.165, 1.54) is 0 Å². The predicted octanol–water partition coefficient (Wildman–Crippen LogP) is 2.12. The fraction of sp³-hybridized carbons (Fsp3) is 1.00. The summed E-state index contributed by atoms with van der Waals surface area (Å²) in [5.74, 6) is 0.553. The summed E-state index contributed by atoms with van der Waals surface area (Å²) in [6, 6.07) is 0. The van der Waals surface area contributed by atoms with Gasteiger partial charge in [0.1, 0.15) is 0 Å². The maximum Gasteiger partial charge on any atom is 0.0704 e. The van der Waals surface area contributed by atoms with Crippen LogP contribution in [0.3, 0.4) is 0 Å². The van der Waals surface area contributed by atoms with E-state index in [0.29, 0.717) is 51.7 Å². The molecule has 0 amide bonds. The van der Waals surface area contributed by atoms with Crippen molar-refractivity contribution in [2.24, 2.45) is 5.92 Å². The third kappa shape index (κ3) is 12.1. The Bertz CT molecular complexity index is 150. The van der Waals surface area contributed by atoms with E-state index in [2.05, 4.69) is 20.8 Å². The molecule has 0 aromatic heterocycles. The van der Waals surface area contributed by atoms with Crippen molar-refractivity contribution in [3.8, 4) is 0 Å². The molecule has 0 heterocycles. The summed E-state index contributed by atoms with van der Waals surface area (Å²) in [6.07, 6.45) is 0.293. The van der Waals surface area contributed by atoms with Crippen LogP contribution in [-0.2, 0) is 18.9 Å². The molecule has 0 spiro atoms. The molecule has 0 aromatic carbocycles. The predicted molar refractivity (Wildman–Crippen MR) is 68.4 cm³/mol. The highest BCUT2D eigenvalue weighted by molar-refractivity contribution is 4.53. The zero-order valence-corrected chi connectivity index (χ0v) is 11.7. The lowest BCUT2D eigenvalue weighted by Gasteiger charge is -2.16. The number of hydrogen-bond donors (Lipinski definition) is 0. The first-order valence-electron chi connectivity index (χ1n) is 6.53. The van der Waals surface area contributed by atoms with Crippen LogP contribution in [0.25, 0.3) is 0 Å². The Kier molecular flexibility index (Phi) is 12.2. The first-order chi connectivity index (χ1) is 8.18. The van der Waals surface area contributed by atoms with E-state index >= 15 is 0 Å². The summed E-state index contributed by atoms with van der Waals surface area (Å²) < 4.78 is 21.4. The van der Waals surface area contributed by atoms with Crippen LogP contribution < -0.4 is 0 Å². The van der Waals surface area contributed by atoms with Crippen molar-refractivity contribution >= 4 is 0 Å². The van der Waals surface area contributed by atoms with E-state index < -0.39 is 0 Å². The largest absolute Gasteiger partial charge is 0.379 e. The normalized spacial score (nSPS) is 13.2. The van der Waals surface area contributed by atoms with Gasteiger partial charge in [0, 0.05) is 6.61 Å². The molecule has 0 saturated heterocycles. The quantitative estimate of drug-likeness (QED) is 0.496. The molecule has 0 rings (SSSR count). The van der Waals surface area contributed by atoms with Crippen LogP contribution in [0.4, 0.5) is 0 Å². The van der Waals surface area contributed by atoms with E-state index in [9.17, 15) is 0 Å². The van der Waals surface area contributed by atoms with Gasteiger partial charge in [-0.2, -0.15) is 0 Å². The Hall–Kier alpha value is -0.160. The van der Waals surface area contributed by atoms with E-state index in [1.807, 2.05) is 6.92 Å². The van der Waals surface area contributed by atoms with Gasteiger partial charge in [-0.1, -0.05) is 13.8 Å². The van der Waals surface area contributed by atoms with E-state index in [0.717, 1.165) is 6.61 Å². The first-order valence-corrected chi connectivity index (χ1v) is 6.53. The summed E-state index contributed by atoms with van der Waals surface area (Å²) in [5, 5.41) is 0. The molecule has 1 atom stereocenters. The van der Waals surface area contributed by atoms with E-state index in [-0.39, 0.29) is 0 Å². The summed E-state index contributed by atoms with van der Waals surface area (Å²) >= 11 is 0. The van der Waals surface area contributed by atoms with Gasteiger partial charge in [0.25, 0.3) is 0 Å². The molecule has 0 aliphatic heterocycles. The van der Waals surface area contributed by atoms with Gasteiger partial charge in [0.2, 0.25) is 0 Å². The maximum absolute atomic E-state index is 5.58. The molecule has 0 fully saturated rings. The van der Waals surface area contributed by atoms with Crippen LogP contribution in [0, 0.1) is 5.92 Å². The highest BCUT2D eigenvalue weighted by atomic mass is 16.6. The van der Waals surface area contributed by atoms with Gasteiger partial charge in [0.05, 0.1) is 45.7 Å². The summed E-state index contributed by atoms with van der Waals surface area (Å²) in [7, 11) is 0. The topological polar surface area (TPSA) is 36.9 Å². The molecule has 17 heavy (non-hydrogen) atoms. The van der Waals surface area contributed by atoms with Gasteiger partial charge in [-0.15, -0.1) is 0 Å². The van der Waals surface area contributed by atoms with E-state index in [1.54, 1.807) is 0 Å². The summed E-state index contributed by atoms with van der Waals surface area (Å²) in [6.45, 7) is 12.9. The van der Waals surface area contributed by atoms with Crippen LogP contribution in [0.15, 0.2) is 0 Å². The molecule has 1 unspecified atom stereocenters. The number of hydrogen-bond acceptors (Lipinski definition) is 4. The maximum atomic E-state index is 5.58. The van der Waals surface area contributed by atoms with Crippen molar-refractivity contribution in [2.75, 3.05) is 46.2 Å². The Morgan fingerprint density at radius 1 is 0.706 bits per heavy atom. The summed E-state index contributed by atoms with van der Waals surface area (Å²) in [5.41, 5.74) is 0. The molecule has 0 aliphatic rings. The van der Waals surface area contributed by atoms with Crippen molar-refractivity contribution in [1.82, 2.24) is 0 Å². The lowest BCUT2D eigenvalue weighted by molar-refractivity contribution is -0.0240. The van der Waals surface area contributed by atoms with Crippen molar-refractivity contribution in [3.63, 3.8) is 0 Å².